The molecule has 1 rings (SSSR count). The van der Waals surface area contributed by atoms with Crippen molar-refractivity contribution in [1.82, 2.24) is 0 Å². The Bertz CT molecular complexity index is 313. The smallest absolute Gasteiger partial charge is 0.250 e. The second-order valence-corrected chi connectivity index (χ2v) is 2.89. The van der Waals surface area contributed by atoms with E-state index in [1.807, 2.05) is 24.3 Å². The Morgan fingerprint density at radius 2 is 2.36 bits per heavy atom. The van der Waals surface area contributed by atoms with Gasteiger partial charge in [0.1, 0.15) is 6.61 Å². The third-order valence-corrected chi connectivity index (χ3v) is 1.72. The average molecular weight is 194 g/mol. The fourth-order valence-electron chi connectivity index (χ4n) is 1.10. The van der Waals surface area contributed by atoms with Crippen molar-refractivity contribution in [2.45, 2.75) is 6.54 Å². The Kier molecular flexibility index (Phi) is 4.10. The van der Waals surface area contributed by atoms with Crippen molar-refractivity contribution in [2.75, 3.05) is 19.0 Å². The van der Waals surface area contributed by atoms with E-state index in [2.05, 4.69) is 5.32 Å². The molecule has 4 heteroatoms. The van der Waals surface area contributed by atoms with Crippen LogP contribution >= 0.6 is 0 Å². The number of methoxy groups -OCH3 is 1. The van der Waals surface area contributed by atoms with Gasteiger partial charge < -0.3 is 15.8 Å². The topological polar surface area (TPSA) is 64.3 Å². The van der Waals surface area contributed by atoms with Gasteiger partial charge in [-0.3, -0.25) is 4.79 Å². The summed E-state index contributed by atoms with van der Waals surface area (Å²) in [6, 6.07) is 7.41. The highest BCUT2D eigenvalue weighted by Crippen LogP contribution is 2.09. The molecule has 76 valence electrons. The Labute approximate surface area is 83.1 Å². The van der Waals surface area contributed by atoms with Crippen LogP contribution in [0.2, 0.25) is 0 Å². The molecule has 3 N–H and O–H groups in total. The van der Waals surface area contributed by atoms with E-state index in [0.717, 1.165) is 11.3 Å². The number of hydrogen-bond acceptors (Lipinski definition) is 3. The molecule has 0 aliphatic carbocycles. The van der Waals surface area contributed by atoms with Gasteiger partial charge in [0.05, 0.1) is 0 Å². The number of benzene rings is 1. The van der Waals surface area contributed by atoms with Gasteiger partial charge in [0, 0.05) is 19.3 Å². The largest absolute Gasteiger partial charge is 0.375 e. The molecule has 4 nitrogen and oxygen atoms in total. The lowest BCUT2D eigenvalue weighted by Gasteiger charge is -2.05. The van der Waals surface area contributed by atoms with Crippen LogP contribution in [0.4, 0.5) is 5.69 Å². The highest BCUT2D eigenvalue weighted by atomic mass is 16.5. The van der Waals surface area contributed by atoms with Crippen molar-refractivity contribution >= 4 is 11.6 Å². The van der Waals surface area contributed by atoms with Crippen molar-refractivity contribution < 1.29 is 9.53 Å². The van der Waals surface area contributed by atoms with Crippen LogP contribution in [-0.4, -0.2) is 19.6 Å². The molecular formula is C10H14N2O2. The molecule has 1 amide bonds. The van der Waals surface area contributed by atoms with Crippen LogP contribution in [-0.2, 0) is 16.1 Å². The number of carbonyl (C=O) groups is 1. The molecule has 0 unspecified atom stereocenters. The number of rotatable bonds is 4. The first-order chi connectivity index (χ1) is 6.76. The molecule has 0 fully saturated rings. The van der Waals surface area contributed by atoms with Gasteiger partial charge in [0.15, 0.2) is 0 Å². The molecule has 1 aromatic carbocycles. The summed E-state index contributed by atoms with van der Waals surface area (Å²) in [4.78, 5) is 11.1. The Morgan fingerprint density at radius 3 is 3.00 bits per heavy atom. The van der Waals surface area contributed by atoms with Crippen LogP contribution in [0.5, 0.6) is 0 Å². The molecule has 0 aliphatic heterocycles. The molecule has 0 spiro atoms. The second-order valence-electron chi connectivity index (χ2n) is 2.89. The molecule has 14 heavy (non-hydrogen) atoms. The monoisotopic (exact) mass is 194 g/mol. The number of nitrogens with two attached hydrogens (primary N) is 1. The van der Waals surface area contributed by atoms with E-state index in [1.54, 1.807) is 0 Å². The Balaban J connectivity index is 2.62. The highest BCUT2D eigenvalue weighted by molar-refractivity contribution is 5.91. The molecular weight excluding hydrogens is 180 g/mol. The first-order valence-electron chi connectivity index (χ1n) is 4.34. The first kappa shape index (κ1) is 10.7. The summed E-state index contributed by atoms with van der Waals surface area (Å²) in [5.74, 6) is -0.165. The van der Waals surface area contributed by atoms with Crippen molar-refractivity contribution in [1.29, 1.82) is 0 Å². The molecule has 0 heterocycles. The quantitative estimate of drug-likeness (QED) is 0.742. The fourth-order valence-corrected chi connectivity index (χ4v) is 1.10. The lowest BCUT2D eigenvalue weighted by atomic mass is 10.2. The number of nitrogens with one attached hydrogen (secondary N) is 1. The summed E-state index contributed by atoms with van der Waals surface area (Å²) in [5.41, 5.74) is 7.20. The van der Waals surface area contributed by atoms with Crippen molar-refractivity contribution in [3.63, 3.8) is 0 Å². The van der Waals surface area contributed by atoms with E-state index in [4.69, 9.17) is 10.5 Å². The molecule has 0 bridgehead atoms. The minimum Gasteiger partial charge on any atom is -0.375 e. The summed E-state index contributed by atoms with van der Waals surface area (Å²) in [6.07, 6.45) is 0. The van der Waals surface area contributed by atoms with E-state index >= 15 is 0 Å². The van der Waals surface area contributed by atoms with Crippen LogP contribution < -0.4 is 11.1 Å². The summed E-state index contributed by atoms with van der Waals surface area (Å²) in [5, 5.41) is 2.70. The fraction of sp³-hybridized carbons (Fsp3) is 0.300. The van der Waals surface area contributed by atoms with Gasteiger partial charge in [0.2, 0.25) is 5.91 Å². The number of anilines is 1. The maximum absolute atomic E-state index is 11.1. The third kappa shape index (κ3) is 3.16. The summed E-state index contributed by atoms with van der Waals surface area (Å²) < 4.78 is 4.70. The van der Waals surface area contributed by atoms with Gasteiger partial charge in [-0.2, -0.15) is 0 Å². The molecule has 0 aromatic heterocycles. The molecule has 1 aromatic rings. The predicted octanol–water partition coefficient (Wildman–Crippen LogP) is 0.730. The average Bonchev–Trinajstić information content (AvgIpc) is 2.18. The molecule has 0 atom stereocenters. The predicted molar refractivity (Wildman–Crippen MR) is 54.8 cm³/mol. The lowest BCUT2D eigenvalue weighted by molar-refractivity contribution is -0.119. The number of hydrogen-bond donors (Lipinski definition) is 2. The standard InChI is InChI=1S/C10H14N2O2/c1-14-7-10(13)12-9-4-2-3-8(5-9)6-11/h2-5H,6-7,11H2,1H3,(H,12,13). The maximum Gasteiger partial charge on any atom is 0.250 e. The van der Waals surface area contributed by atoms with Gasteiger partial charge in [0.25, 0.3) is 0 Å². The van der Waals surface area contributed by atoms with E-state index in [0.29, 0.717) is 6.54 Å². The van der Waals surface area contributed by atoms with Gasteiger partial charge >= 0.3 is 0 Å². The van der Waals surface area contributed by atoms with E-state index in [1.165, 1.54) is 7.11 Å². The van der Waals surface area contributed by atoms with Crippen molar-refractivity contribution in [3.05, 3.63) is 29.8 Å². The number of amides is 1. The second kappa shape index (κ2) is 5.36. The van der Waals surface area contributed by atoms with Crippen LogP contribution in [0.25, 0.3) is 0 Å². The Hall–Kier alpha value is -1.39. The first-order valence-corrected chi connectivity index (χ1v) is 4.34. The van der Waals surface area contributed by atoms with E-state index in [-0.39, 0.29) is 12.5 Å². The summed E-state index contributed by atoms with van der Waals surface area (Å²) in [7, 11) is 1.48. The zero-order chi connectivity index (χ0) is 10.4. The molecule has 0 saturated carbocycles. The van der Waals surface area contributed by atoms with Crippen molar-refractivity contribution in [2.24, 2.45) is 5.73 Å². The van der Waals surface area contributed by atoms with Gasteiger partial charge in [-0.1, -0.05) is 12.1 Å². The number of carbonyl (C=O) groups excluding carboxylic acids is 1. The van der Waals surface area contributed by atoms with Gasteiger partial charge in [-0.05, 0) is 17.7 Å². The minimum absolute atomic E-state index is 0.0624. The lowest BCUT2D eigenvalue weighted by Crippen LogP contribution is -2.17. The minimum atomic E-state index is -0.165. The van der Waals surface area contributed by atoms with E-state index < -0.39 is 0 Å². The van der Waals surface area contributed by atoms with Crippen LogP contribution in [0.3, 0.4) is 0 Å². The Morgan fingerprint density at radius 1 is 1.57 bits per heavy atom. The van der Waals surface area contributed by atoms with Crippen LogP contribution in [0.15, 0.2) is 24.3 Å². The van der Waals surface area contributed by atoms with E-state index in [9.17, 15) is 4.79 Å². The molecule has 0 aliphatic rings. The SMILES string of the molecule is COCC(=O)Nc1cccc(CN)c1. The summed E-state index contributed by atoms with van der Waals surface area (Å²) in [6.45, 7) is 0.529. The van der Waals surface area contributed by atoms with Crippen molar-refractivity contribution in [3.8, 4) is 0 Å². The molecule has 0 radical (unpaired) electrons. The molecule has 0 saturated heterocycles. The van der Waals surface area contributed by atoms with Crippen LogP contribution in [0.1, 0.15) is 5.56 Å². The van der Waals surface area contributed by atoms with Gasteiger partial charge in [-0.25, -0.2) is 0 Å². The zero-order valence-electron chi connectivity index (χ0n) is 8.12. The third-order valence-electron chi connectivity index (χ3n) is 1.72. The summed E-state index contributed by atoms with van der Waals surface area (Å²) >= 11 is 0. The maximum atomic E-state index is 11.1. The highest BCUT2D eigenvalue weighted by Gasteiger charge is 2.00. The number of ether oxygens (including phenoxy) is 1. The zero-order valence-corrected chi connectivity index (χ0v) is 8.12. The van der Waals surface area contributed by atoms with Crippen LogP contribution in [0, 0.1) is 0 Å². The van der Waals surface area contributed by atoms with Gasteiger partial charge in [-0.15, -0.1) is 0 Å². The normalized spacial score (nSPS) is 9.86.